The third-order valence-corrected chi connectivity index (χ3v) is 3.86. The topological polar surface area (TPSA) is 46.6 Å². The number of ketones is 2. The Morgan fingerprint density at radius 2 is 2.25 bits per heavy atom. The number of benzene rings is 1. The van der Waals surface area contributed by atoms with Crippen molar-refractivity contribution in [3.05, 3.63) is 29.8 Å². The molecule has 1 atom stereocenters. The molecule has 20 heavy (non-hydrogen) atoms. The number of Topliss-reactive ketones (excluding diaryl/α,β-unsaturated/α-hetero) is 2. The van der Waals surface area contributed by atoms with Crippen molar-refractivity contribution in [3.63, 3.8) is 0 Å². The minimum absolute atomic E-state index is 0.0769. The molecule has 0 bridgehead atoms. The number of piperidine rings is 1. The zero-order chi connectivity index (χ0) is 14.5. The number of methoxy groups -OCH3 is 1. The van der Waals surface area contributed by atoms with E-state index in [1.807, 2.05) is 19.1 Å². The number of hydrogen-bond donors (Lipinski definition) is 0. The van der Waals surface area contributed by atoms with Crippen molar-refractivity contribution in [2.45, 2.75) is 19.8 Å². The Kier molecular flexibility index (Phi) is 4.90. The summed E-state index contributed by atoms with van der Waals surface area (Å²) in [5, 5.41) is 0. The molecule has 108 valence electrons. The summed E-state index contributed by atoms with van der Waals surface area (Å²) < 4.78 is 5.13. The van der Waals surface area contributed by atoms with Crippen LogP contribution in [0.5, 0.6) is 5.75 Å². The maximum Gasteiger partial charge on any atom is 0.176 e. The number of ether oxygens (including phenoxy) is 1. The quantitative estimate of drug-likeness (QED) is 0.773. The van der Waals surface area contributed by atoms with Crippen LogP contribution in [0, 0.1) is 5.92 Å². The number of rotatable bonds is 5. The van der Waals surface area contributed by atoms with E-state index in [1.165, 1.54) is 0 Å². The van der Waals surface area contributed by atoms with Crippen LogP contribution in [0.25, 0.3) is 0 Å². The maximum absolute atomic E-state index is 12.3. The van der Waals surface area contributed by atoms with E-state index in [2.05, 4.69) is 4.90 Å². The smallest absolute Gasteiger partial charge is 0.176 e. The lowest BCUT2D eigenvalue weighted by atomic mass is 9.94. The number of likely N-dealkylation sites (tertiary alicyclic amines) is 1. The van der Waals surface area contributed by atoms with Crippen LogP contribution >= 0.6 is 0 Å². The van der Waals surface area contributed by atoms with Crippen molar-refractivity contribution < 1.29 is 14.3 Å². The summed E-state index contributed by atoms with van der Waals surface area (Å²) >= 11 is 0. The predicted octanol–water partition coefficient (Wildman–Crippen LogP) is 2.18. The van der Waals surface area contributed by atoms with Gasteiger partial charge in [0.05, 0.1) is 13.7 Å². The molecule has 0 aromatic heterocycles. The van der Waals surface area contributed by atoms with Gasteiger partial charge in [0.1, 0.15) is 11.5 Å². The van der Waals surface area contributed by atoms with Gasteiger partial charge in [0.2, 0.25) is 0 Å². The van der Waals surface area contributed by atoms with Gasteiger partial charge in [-0.3, -0.25) is 14.5 Å². The fourth-order valence-electron chi connectivity index (χ4n) is 2.57. The molecule has 1 heterocycles. The second-order valence-electron chi connectivity index (χ2n) is 5.21. The van der Waals surface area contributed by atoms with Gasteiger partial charge in [-0.1, -0.05) is 19.1 Å². The van der Waals surface area contributed by atoms with Crippen LogP contribution in [-0.2, 0) is 4.79 Å². The first kappa shape index (κ1) is 14.7. The second kappa shape index (κ2) is 6.66. The summed E-state index contributed by atoms with van der Waals surface area (Å²) in [6.07, 6.45) is 1.41. The number of nitrogens with zero attached hydrogens (tertiary/aromatic N) is 1. The van der Waals surface area contributed by atoms with Crippen LogP contribution in [0.2, 0.25) is 0 Å². The van der Waals surface area contributed by atoms with Gasteiger partial charge in [-0.2, -0.15) is 0 Å². The molecule has 2 rings (SSSR count). The Morgan fingerprint density at radius 1 is 1.45 bits per heavy atom. The van der Waals surface area contributed by atoms with Crippen molar-refractivity contribution in [1.29, 1.82) is 0 Å². The summed E-state index contributed by atoms with van der Waals surface area (Å²) in [5.74, 6) is 1.18. The maximum atomic E-state index is 12.3. The Labute approximate surface area is 119 Å². The van der Waals surface area contributed by atoms with Crippen LogP contribution in [-0.4, -0.2) is 43.2 Å². The zero-order valence-corrected chi connectivity index (χ0v) is 12.1. The van der Waals surface area contributed by atoms with Crippen LogP contribution in [0.3, 0.4) is 0 Å². The molecule has 1 aliphatic rings. The van der Waals surface area contributed by atoms with Crippen LogP contribution in [0.4, 0.5) is 0 Å². The van der Waals surface area contributed by atoms with Crippen molar-refractivity contribution >= 4 is 11.6 Å². The summed E-state index contributed by atoms with van der Waals surface area (Å²) in [6, 6.07) is 7.20. The first-order valence-electron chi connectivity index (χ1n) is 7.06. The number of carbonyl (C=O) groups excluding carboxylic acids is 2. The van der Waals surface area contributed by atoms with E-state index in [4.69, 9.17) is 4.74 Å². The van der Waals surface area contributed by atoms with Crippen LogP contribution in [0.1, 0.15) is 30.1 Å². The first-order chi connectivity index (χ1) is 9.63. The normalized spacial score (nSPS) is 19.9. The van der Waals surface area contributed by atoms with Gasteiger partial charge < -0.3 is 4.74 Å². The largest absolute Gasteiger partial charge is 0.497 e. The highest BCUT2D eigenvalue weighted by atomic mass is 16.5. The lowest BCUT2D eigenvalue weighted by molar-refractivity contribution is -0.126. The molecule has 1 aromatic rings. The van der Waals surface area contributed by atoms with E-state index in [-0.39, 0.29) is 11.7 Å². The molecule has 1 aliphatic heterocycles. The van der Waals surface area contributed by atoms with Gasteiger partial charge in [0.15, 0.2) is 5.78 Å². The monoisotopic (exact) mass is 275 g/mol. The van der Waals surface area contributed by atoms with Gasteiger partial charge in [-0.25, -0.2) is 0 Å². The average Bonchev–Trinajstić information content (AvgIpc) is 2.49. The molecule has 4 nitrogen and oxygen atoms in total. The van der Waals surface area contributed by atoms with Crippen molar-refractivity contribution in [2.75, 3.05) is 26.7 Å². The SMILES string of the molecule is CCC1CN(CC(=O)c2cccc(OC)c2)CCC1=O. The predicted molar refractivity (Wildman–Crippen MR) is 77.2 cm³/mol. The van der Waals surface area contributed by atoms with Gasteiger partial charge >= 0.3 is 0 Å². The molecule has 0 N–H and O–H groups in total. The molecule has 1 saturated heterocycles. The second-order valence-corrected chi connectivity index (χ2v) is 5.21. The summed E-state index contributed by atoms with van der Waals surface area (Å²) in [5.41, 5.74) is 0.661. The van der Waals surface area contributed by atoms with E-state index in [1.54, 1.807) is 19.2 Å². The van der Waals surface area contributed by atoms with E-state index in [9.17, 15) is 9.59 Å². The molecule has 1 aromatic carbocycles. The van der Waals surface area contributed by atoms with Gasteiger partial charge in [0.25, 0.3) is 0 Å². The molecule has 0 spiro atoms. The molecule has 1 unspecified atom stereocenters. The minimum Gasteiger partial charge on any atom is -0.497 e. The van der Waals surface area contributed by atoms with Crippen molar-refractivity contribution in [2.24, 2.45) is 5.92 Å². The van der Waals surface area contributed by atoms with Crippen molar-refractivity contribution in [3.8, 4) is 5.75 Å². The fourth-order valence-corrected chi connectivity index (χ4v) is 2.57. The van der Waals surface area contributed by atoms with Gasteiger partial charge in [-0.15, -0.1) is 0 Å². The Balaban J connectivity index is 1.99. The number of carbonyl (C=O) groups is 2. The van der Waals surface area contributed by atoms with Gasteiger partial charge in [0, 0.05) is 31.0 Å². The molecule has 0 aliphatic carbocycles. The summed E-state index contributed by atoms with van der Waals surface area (Å²) in [7, 11) is 1.59. The lowest BCUT2D eigenvalue weighted by Gasteiger charge is -2.30. The highest BCUT2D eigenvalue weighted by Gasteiger charge is 2.26. The third-order valence-electron chi connectivity index (χ3n) is 3.86. The summed E-state index contributed by atoms with van der Waals surface area (Å²) in [4.78, 5) is 26.0. The van der Waals surface area contributed by atoms with Crippen LogP contribution < -0.4 is 4.74 Å². The molecule has 4 heteroatoms. The standard InChI is InChI=1S/C16H21NO3/c1-3-12-10-17(8-7-15(12)18)11-16(19)13-5-4-6-14(9-13)20-2/h4-6,9,12H,3,7-8,10-11H2,1-2H3. The molecule has 1 fully saturated rings. The van der Waals surface area contributed by atoms with E-state index in [0.29, 0.717) is 43.2 Å². The van der Waals surface area contributed by atoms with Gasteiger partial charge in [-0.05, 0) is 18.6 Å². The minimum atomic E-state index is 0.0769. The fraction of sp³-hybridized carbons (Fsp3) is 0.500. The molecular formula is C16H21NO3. The van der Waals surface area contributed by atoms with Crippen LogP contribution in [0.15, 0.2) is 24.3 Å². The zero-order valence-electron chi connectivity index (χ0n) is 12.1. The average molecular weight is 275 g/mol. The highest BCUT2D eigenvalue weighted by Crippen LogP contribution is 2.18. The highest BCUT2D eigenvalue weighted by molar-refractivity contribution is 5.98. The number of hydrogen-bond acceptors (Lipinski definition) is 4. The van der Waals surface area contributed by atoms with Crippen molar-refractivity contribution in [1.82, 2.24) is 4.90 Å². The molecule has 0 radical (unpaired) electrons. The summed E-state index contributed by atoms with van der Waals surface area (Å²) in [6.45, 7) is 3.78. The molecule has 0 saturated carbocycles. The van der Waals surface area contributed by atoms with E-state index in [0.717, 1.165) is 6.42 Å². The molecule has 0 amide bonds. The molecular weight excluding hydrogens is 254 g/mol. The van der Waals surface area contributed by atoms with E-state index < -0.39 is 0 Å². The first-order valence-corrected chi connectivity index (χ1v) is 7.06. The third kappa shape index (κ3) is 3.45. The Bertz CT molecular complexity index is 498. The Hall–Kier alpha value is -1.68. The lowest BCUT2D eigenvalue weighted by Crippen LogP contribution is -2.42. The Morgan fingerprint density at radius 3 is 2.95 bits per heavy atom. The van der Waals surface area contributed by atoms with E-state index >= 15 is 0 Å².